The molecule has 0 heterocycles. The van der Waals surface area contributed by atoms with Gasteiger partial charge < -0.3 is 10.4 Å². The Morgan fingerprint density at radius 1 is 1.27 bits per heavy atom. The molecule has 4 aliphatic carbocycles. The maximum atomic E-state index is 13.9. The molecule has 5 heteroatoms. The van der Waals surface area contributed by atoms with E-state index in [1.807, 2.05) is 0 Å². The first-order valence-electron chi connectivity index (χ1n) is 8.02. The Labute approximate surface area is 130 Å². The largest absolute Gasteiger partial charge is 0.390 e. The summed E-state index contributed by atoms with van der Waals surface area (Å²) in [7, 11) is 5.52. The molecule has 4 fully saturated rings. The van der Waals surface area contributed by atoms with Crippen molar-refractivity contribution in [1.29, 1.82) is 0 Å². The maximum absolute atomic E-state index is 13.9. The number of nitrogens with one attached hydrogen (secondary N) is 1. The smallest absolute Gasteiger partial charge is 0.254 e. The van der Waals surface area contributed by atoms with Gasteiger partial charge in [-0.1, -0.05) is 11.5 Å². The SMILES string of the molecule is [B]c1ccc(C(=O)NC2C3CC4CC2CC(O)(C4)C3)c(F)c1. The fourth-order valence-corrected chi connectivity index (χ4v) is 5.16. The van der Waals surface area contributed by atoms with Crippen LogP contribution < -0.4 is 10.8 Å². The second kappa shape index (κ2) is 4.82. The fourth-order valence-electron chi connectivity index (χ4n) is 5.16. The van der Waals surface area contributed by atoms with Gasteiger partial charge in [0, 0.05) is 6.04 Å². The highest BCUT2D eigenvalue weighted by atomic mass is 19.1. The number of rotatable bonds is 2. The molecule has 0 aromatic heterocycles. The van der Waals surface area contributed by atoms with Crippen molar-refractivity contribution in [2.24, 2.45) is 17.8 Å². The van der Waals surface area contributed by atoms with Gasteiger partial charge >= 0.3 is 0 Å². The van der Waals surface area contributed by atoms with Crippen molar-refractivity contribution in [3.63, 3.8) is 0 Å². The van der Waals surface area contributed by atoms with Crippen molar-refractivity contribution in [3.8, 4) is 0 Å². The van der Waals surface area contributed by atoms with E-state index in [0.29, 0.717) is 23.2 Å². The van der Waals surface area contributed by atoms with Crippen LogP contribution >= 0.6 is 0 Å². The molecule has 0 spiro atoms. The topological polar surface area (TPSA) is 49.3 Å². The normalized spacial score (nSPS) is 39.0. The summed E-state index contributed by atoms with van der Waals surface area (Å²) in [5, 5.41) is 13.6. The van der Waals surface area contributed by atoms with Gasteiger partial charge in [-0.25, -0.2) is 4.39 Å². The third-order valence-electron chi connectivity index (χ3n) is 5.78. The Hall–Kier alpha value is -1.36. The van der Waals surface area contributed by atoms with Gasteiger partial charge in [0.1, 0.15) is 13.7 Å². The van der Waals surface area contributed by atoms with Crippen LogP contribution in [0.3, 0.4) is 0 Å². The Kier molecular flexibility index (Phi) is 3.12. The van der Waals surface area contributed by atoms with Gasteiger partial charge in [0.25, 0.3) is 5.91 Å². The third kappa shape index (κ3) is 2.26. The van der Waals surface area contributed by atoms with E-state index in [1.54, 1.807) is 0 Å². The van der Waals surface area contributed by atoms with Gasteiger partial charge in [0.05, 0.1) is 11.2 Å². The van der Waals surface area contributed by atoms with Crippen molar-refractivity contribution in [2.75, 3.05) is 0 Å². The summed E-state index contributed by atoms with van der Waals surface area (Å²) in [6.45, 7) is 0. The molecule has 4 aliphatic rings. The first kappa shape index (κ1) is 14.3. The first-order valence-corrected chi connectivity index (χ1v) is 8.02. The van der Waals surface area contributed by atoms with Crippen LogP contribution in [-0.2, 0) is 0 Å². The molecule has 4 saturated carbocycles. The molecule has 0 aliphatic heterocycles. The average Bonchev–Trinajstić information content (AvgIpc) is 2.40. The number of carbonyl (C=O) groups excluding carboxylic acids is 1. The Morgan fingerprint density at radius 3 is 2.55 bits per heavy atom. The lowest BCUT2D eigenvalue weighted by molar-refractivity contribution is -0.136. The van der Waals surface area contributed by atoms with Gasteiger partial charge in [0.15, 0.2) is 0 Å². The zero-order chi connectivity index (χ0) is 15.5. The zero-order valence-corrected chi connectivity index (χ0v) is 12.4. The van der Waals surface area contributed by atoms with Crippen LogP contribution in [0.4, 0.5) is 4.39 Å². The minimum Gasteiger partial charge on any atom is -0.390 e. The predicted molar refractivity (Wildman–Crippen MR) is 81.5 cm³/mol. The average molecular weight is 299 g/mol. The number of hydrogen-bond donors (Lipinski definition) is 2. The van der Waals surface area contributed by atoms with E-state index in [2.05, 4.69) is 5.32 Å². The van der Waals surface area contributed by atoms with Crippen molar-refractivity contribution in [2.45, 2.75) is 43.7 Å². The van der Waals surface area contributed by atoms with Crippen molar-refractivity contribution < 1.29 is 14.3 Å². The molecule has 22 heavy (non-hydrogen) atoms. The van der Waals surface area contributed by atoms with Gasteiger partial charge in [-0.05, 0) is 62.0 Å². The van der Waals surface area contributed by atoms with Crippen LogP contribution in [0.25, 0.3) is 0 Å². The van der Waals surface area contributed by atoms with Crippen LogP contribution in [0, 0.1) is 23.6 Å². The quantitative estimate of drug-likeness (QED) is 0.809. The number of hydrogen-bond acceptors (Lipinski definition) is 2. The Bertz CT molecular complexity index is 619. The molecular formula is C17H19BFNO2. The predicted octanol–water partition coefficient (Wildman–Crippen LogP) is 1.29. The Morgan fingerprint density at radius 2 is 1.95 bits per heavy atom. The summed E-state index contributed by atoms with van der Waals surface area (Å²) >= 11 is 0. The molecule has 1 aromatic rings. The summed E-state index contributed by atoms with van der Waals surface area (Å²) < 4.78 is 13.9. The number of carbonyl (C=O) groups is 1. The lowest BCUT2D eigenvalue weighted by Crippen LogP contribution is -2.61. The Balaban J connectivity index is 1.53. The molecule has 2 unspecified atom stereocenters. The van der Waals surface area contributed by atoms with Crippen molar-refractivity contribution >= 4 is 19.2 Å². The van der Waals surface area contributed by atoms with Crippen LogP contribution in [-0.4, -0.2) is 30.5 Å². The van der Waals surface area contributed by atoms with Crippen LogP contribution in [0.1, 0.15) is 42.5 Å². The van der Waals surface area contributed by atoms with Crippen LogP contribution in [0.5, 0.6) is 0 Å². The van der Waals surface area contributed by atoms with E-state index < -0.39 is 11.4 Å². The molecule has 5 rings (SSSR count). The second-order valence-corrected chi connectivity index (χ2v) is 7.43. The minimum atomic E-state index is -0.583. The number of aliphatic hydroxyl groups is 1. The van der Waals surface area contributed by atoms with E-state index in [1.165, 1.54) is 18.2 Å². The highest BCUT2D eigenvalue weighted by Gasteiger charge is 2.55. The van der Waals surface area contributed by atoms with Crippen LogP contribution in [0.15, 0.2) is 18.2 Å². The molecule has 1 aromatic carbocycles. The molecule has 114 valence electrons. The summed E-state index contributed by atoms with van der Waals surface area (Å²) in [6, 6.07) is 4.21. The molecule has 2 radical (unpaired) electrons. The second-order valence-electron chi connectivity index (χ2n) is 7.43. The van der Waals surface area contributed by atoms with Gasteiger partial charge in [-0.3, -0.25) is 4.79 Å². The summed E-state index contributed by atoms with van der Waals surface area (Å²) in [6.07, 6.45) is 4.56. The molecule has 2 atom stereocenters. The van der Waals surface area contributed by atoms with Crippen molar-refractivity contribution in [3.05, 3.63) is 29.6 Å². The van der Waals surface area contributed by atoms with Crippen LogP contribution in [0.2, 0.25) is 0 Å². The molecule has 0 saturated heterocycles. The summed E-state index contributed by atoms with van der Waals surface area (Å²) in [5.74, 6) is 0.264. The lowest BCUT2D eigenvalue weighted by atomic mass is 9.52. The van der Waals surface area contributed by atoms with E-state index in [0.717, 1.165) is 32.1 Å². The minimum absolute atomic E-state index is 0.0433. The van der Waals surface area contributed by atoms with E-state index in [9.17, 15) is 14.3 Å². The molecule has 1 amide bonds. The molecule has 3 nitrogen and oxygen atoms in total. The first-order chi connectivity index (χ1) is 10.4. The maximum Gasteiger partial charge on any atom is 0.254 e. The van der Waals surface area contributed by atoms with E-state index >= 15 is 0 Å². The zero-order valence-electron chi connectivity index (χ0n) is 12.4. The molecule has 4 bridgehead atoms. The van der Waals surface area contributed by atoms with Gasteiger partial charge in [-0.15, -0.1) is 0 Å². The standard InChI is InChI=1S/C17H19BFNO2/c18-12-1-2-13(14(19)5-12)16(21)20-15-10-3-9-4-11(15)8-17(22,6-9)7-10/h1-2,5,9-11,15,22H,3-4,6-8H2,(H,20,21). The number of benzene rings is 1. The lowest BCUT2D eigenvalue weighted by Gasteiger charge is -2.58. The number of halogens is 1. The summed E-state index contributed by atoms with van der Waals surface area (Å²) in [5.41, 5.74) is -0.169. The molecule has 2 N–H and O–H groups in total. The van der Waals surface area contributed by atoms with Crippen molar-refractivity contribution in [1.82, 2.24) is 5.32 Å². The monoisotopic (exact) mass is 299 g/mol. The highest BCUT2D eigenvalue weighted by Crippen LogP contribution is 2.55. The van der Waals surface area contributed by atoms with E-state index in [-0.39, 0.29) is 17.5 Å². The summed E-state index contributed by atoms with van der Waals surface area (Å²) in [4.78, 5) is 12.4. The van der Waals surface area contributed by atoms with E-state index in [4.69, 9.17) is 7.85 Å². The van der Waals surface area contributed by atoms with Gasteiger partial charge in [0.2, 0.25) is 0 Å². The third-order valence-corrected chi connectivity index (χ3v) is 5.78. The van der Waals surface area contributed by atoms with Gasteiger partial charge in [-0.2, -0.15) is 0 Å². The fraction of sp³-hybridized carbons (Fsp3) is 0.588. The molecular weight excluding hydrogens is 280 g/mol. The number of amides is 1. The highest BCUT2D eigenvalue weighted by molar-refractivity contribution is 6.32.